The number of halogens is 1. The maximum atomic E-state index is 13.5. The molecule has 0 aliphatic heterocycles. The molecule has 22 heavy (non-hydrogen) atoms. The third-order valence-corrected chi connectivity index (χ3v) is 3.47. The minimum atomic E-state index is -0.383. The summed E-state index contributed by atoms with van der Waals surface area (Å²) in [6.07, 6.45) is 1.74. The Morgan fingerprint density at radius 1 is 1.05 bits per heavy atom. The van der Waals surface area contributed by atoms with Crippen LogP contribution in [0.25, 0.3) is 22.4 Å². The number of nitrogens with zero attached hydrogens (tertiary/aromatic N) is 2. The maximum absolute atomic E-state index is 13.5. The van der Waals surface area contributed by atoms with Gasteiger partial charge in [-0.15, -0.1) is 0 Å². The van der Waals surface area contributed by atoms with Crippen LogP contribution in [0, 0.1) is 5.82 Å². The molecule has 3 nitrogen and oxygen atoms in total. The van der Waals surface area contributed by atoms with Gasteiger partial charge in [0.25, 0.3) is 0 Å². The zero-order chi connectivity index (χ0) is 15.5. The van der Waals surface area contributed by atoms with Gasteiger partial charge in [-0.2, -0.15) is 5.10 Å². The molecule has 0 atom stereocenters. The van der Waals surface area contributed by atoms with E-state index in [1.807, 2.05) is 37.3 Å². The topological polar surface area (TPSA) is 34.9 Å². The molecule has 2 aromatic carbocycles. The fourth-order valence-electron chi connectivity index (χ4n) is 2.35. The van der Waals surface area contributed by atoms with Gasteiger partial charge in [-0.1, -0.05) is 42.5 Å². The monoisotopic (exact) mass is 294 g/mol. The van der Waals surface area contributed by atoms with Gasteiger partial charge in [-0.3, -0.25) is 9.48 Å². The molecule has 0 saturated carbocycles. The number of hydrogen-bond donors (Lipinski definition) is 0. The average Bonchev–Trinajstić information content (AvgIpc) is 2.56. The first-order valence-corrected chi connectivity index (χ1v) is 7.12. The quantitative estimate of drug-likeness (QED) is 0.737. The highest BCUT2D eigenvalue weighted by Gasteiger charge is 2.13. The Labute approximate surface area is 127 Å². The fourth-order valence-corrected chi connectivity index (χ4v) is 2.35. The largest absolute Gasteiger partial charge is 0.287 e. The SMILES string of the molecule is CCn1cc(-c2ccccc2)c(=O)c(-c2cccc(F)c2)n1. The van der Waals surface area contributed by atoms with Gasteiger partial charge in [0.2, 0.25) is 5.43 Å². The van der Waals surface area contributed by atoms with Gasteiger partial charge >= 0.3 is 0 Å². The van der Waals surface area contributed by atoms with Gasteiger partial charge < -0.3 is 0 Å². The summed E-state index contributed by atoms with van der Waals surface area (Å²) in [7, 11) is 0. The van der Waals surface area contributed by atoms with E-state index in [4.69, 9.17) is 0 Å². The van der Waals surface area contributed by atoms with Crippen molar-refractivity contribution in [3.8, 4) is 22.4 Å². The lowest BCUT2D eigenvalue weighted by Crippen LogP contribution is -2.16. The van der Waals surface area contributed by atoms with Crippen LogP contribution in [0.15, 0.2) is 65.6 Å². The minimum Gasteiger partial charge on any atom is -0.287 e. The molecule has 0 aliphatic rings. The molecule has 0 saturated heterocycles. The van der Waals surface area contributed by atoms with Crippen molar-refractivity contribution in [2.75, 3.05) is 0 Å². The minimum absolute atomic E-state index is 0.193. The van der Waals surface area contributed by atoms with E-state index >= 15 is 0 Å². The van der Waals surface area contributed by atoms with Crippen molar-refractivity contribution in [1.82, 2.24) is 9.78 Å². The summed E-state index contributed by atoms with van der Waals surface area (Å²) in [5.74, 6) is -0.383. The summed E-state index contributed by atoms with van der Waals surface area (Å²) in [4.78, 5) is 12.8. The van der Waals surface area contributed by atoms with E-state index in [1.165, 1.54) is 12.1 Å². The van der Waals surface area contributed by atoms with Crippen molar-refractivity contribution in [3.05, 3.63) is 76.8 Å². The van der Waals surface area contributed by atoms with E-state index in [1.54, 1.807) is 23.0 Å². The smallest absolute Gasteiger partial charge is 0.215 e. The fraction of sp³-hybridized carbons (Fsp3) is 0.111. The van der Waals surface area contributed by atoms with E-state index in [0.717, 1.165) is 5.56 Å². The molecule has 110 valence electrons. The third kappa shape index (κ3) is 2.68. The van der Waals surface area contributed by atoms with E-state index in [2.05, 4.69) is 5.10 Å². The maximum Gasteiger partial charge on any atom is 0.215 e. The summed E-state index contributed by atoms with van der Waals surface area (Å²) < 4.78 is 15.2. The predicted octanol–water partition coefficient (Wildman–Crippen LogP) is 3.74. The molecule has 3 aromatic rings. The van der Waals surface area contributed by atoms with Crippen LogP contribution < -0.4 is 5.43 Å². The first kappa shape index (κ1) is 14.2. The molecule has 0 bridgehead atoms. The molecular formula is C18H15FN2O. The van der Waals surface area contributed by atoms with Crippen LogP contribution in [0.4, 0.5) is 4.39 Å². The molecule has 1 heterocycles. The lowest BCUT2D eigenvalue weighted by atomic mass is 10.0. The van der Waals surface area contributed by atoms with Gasteiger partial charge in [0, 0.05) is 23.9 Å². The van der Waals surface area contributed by atoms with Crippen LogP contribution in [0.2, 0.25) is 0 Å². The number of aromatic nitrogens is 2. The average molecular weight is 294 g/mol. The Bertz CT molecular complexity index is 856. The Kier molecular flexibility index (Phi) is 3.83. The third-order valence-electron chi connectivity index (χ3n) is 3.47. The second-order valence-electron chi connectivity index (χ2n) is 4.95. The number of benzene rings is 2. The van der Waals surface area contributed by atoms with E-state index in [-0.39, 0.29) is 16.9 Å². The van der Waals surface area contributed by atoms with Crippen molar-refractivity contribution in [2.45, 2.75) is 13.5 Å². The lowest BCUT2D eigenvalue weighted by Gasteiger charge is -2.09. The highest BCUT2D eigenvalue weighted by atomic mass is 19.1. The van der Waals surface area contributed by atoms with E-state index < -0.39 is 0 Å². The number of hydrogen-bond acceptors (Lipinski definition) is 2. The van der Waals surface area contributed by atoms with Crippen molar-refractivity contribution >= 4 is 0 Å². The Morgan fingerprint density at radius 2 is 1.77 bits per heavy atom. The summed E-state index contributed by atoms with van der Waals surface area (Å²) in [6.45, 7) is 2.57. The predicted molar refractivity (Wildman–Crippen MR) is 85.0 cm³/mol. The van der Waals surface area contributed by atoms with Gasteiger partial charge in [0.05, 0.1) is 0 Å². The zero-order valence-corrected chi connectivity index (χ0v) is 12.2. The molecule has 0 spiro atoms. The van der Waals surface area contributed by atoms with Crippen molar-refractivity contribution in [3.63, 3.8) is 0 Å². The summed E-state index contributed by atoms with van der Waals surface area (Å²) in [6, 6.07) is 15.4. The molecule has 3 rings (SSSR count). The van der Waals surface area contributed by atoms with Crippen LogP contribution in [0.3, 0.4) is 0 Å². The first-order chi connectivity index (χ1) is 10.7. The van der Waals surface area contributed by atoms with Gasteiger partial charge in [0.15, 0.2) is 0 Å². The van der Waals surface area contributed by atoms with E-state index in [0.29, 0.717) is 17.7 Å². The van der Waals surface area contributed by atoms with Crippen LogP contribution in [-0.4, -0.2) is 9.78 Å². The van der Waals surface area contributed by atoms with Crippen LogP contribution in [0.5, 0.6) is 0 Å². The Morgan fingerprint density at radius 3 is 2.45 bits per heavy atom. The molecule has 0 aliphatic carbocycles. The molecule has 0 amide bonds. The molecular weight excluding hydrogens is 279 g/mol. The number of rotatable bonds is 3. The molecule has 0 unspecified atom stereocenters. The Balaban J connectivity index is 2.26. The molecule has 4 heteroatoms. The standard InChI is InChI=1S/C18H15FN2O/c1-2-21-12-16(13-7-4-3-5-8-13)18(22)17(20-21)14-9-6-10-15(19)11-14/h3-12H,2H2,1H3. The van der Waals surface area contributed by atoms with Gasteiger partial charge in [0.1, 0.15) is 11.5 Å². The molecule has 1 aromatic heterocycles. The molecule has 0 fully saturated rings. The number of aryl methyl sites for hydroxylation is 1. The second-order valence-corrected chi connectivity index (χ2v) is 4.95. The van der Waals surface area contributed by atoms with Crippen LogP contribution in [-0.2, 0) is 6.54 Å². The van der Waals surface area contributed by atoms with Crippen molar-refractivity contribution in [1.29, 1.82) is 0 Å². The highest BCUT2D eigenvalue weighted by Crippen LogP contribution is 2.19. The highest BCUT2D eigenvalue weighted by molar-refractivity contribution is 5.69. The van der Waals surface area contributed by atoms with E-state index in [9.17, 15) is 9.18 Å². The molecule has 0 radical (unpaired) electrons. The zero-order valence-electron chi connectivity index (χ0n) is 12.2. The van der Waals surface area contributed by atoms with Crippen molar-refractivity contribution in [2.24, 2.45) is 0 Å². The van der Waals surface area contributed by atoms with Gasteiger partial charge in [-0.25, -0.2) is 4.39 Å². The van der Waals surface area contributed by atoms with Crippen molar-refractivity contribution < 1.29 is 4.39 Å². The second kappa shape index (κ2) is 5.93. The van der Waals surface area contributed by atoms with Crippen LogP contribution in [0.1, 0.15) is 6.92 Å². The van der Waals surface area contributed by atoms with Gasteiger partial charge in [-0.05, 0) is 24.6 Å². The molecule has 0 N–H and O–H groups in total. The summed E-state index contributed by atoms with van der Waals surface area (Å²) >= 11 is 0. The van der Waals surface area contributed by atoms with Crippen LogP contribution >= 0.6 is 0 Å². The summed E-state index contributed by atoms with van der Waals surface area (Å²) in [5, 5.41) is 4.33. The lowest BCUT2D eigenvalue weighted by molar-refractivity contribution is 0.626. The normalized spacial score (nSPS) is 10.6. The first-order valence-electron chi connectivity index (χ1n) is 7.12. The Hall–Kier alpha value is -2.75. The summed E-state index contributed by atoms with van der Waals surface area (Å²) in [5.41, 5.74) is 1.96.